The molecule has 1 aliphatic rings. The molecule has 1 aliphatic heterocycles. The largest absolute Gasteiger partial charge is 0.339 e. The highest BCUT2D eigenvalue weighted by molar-refractivity contribution is 5.85. The van der Waals surface area contributed by atoms with E-state index in [9.17, 15) is 4.79 Å². The van der Waals surface area contributed by atoms with Crippen LogP contribution in [0.15, 0.2) is 24.3 Å². The van der Waals surface area contributed by atoms with E-state index in [1.165, 1.54) is 11.1 Å². The van der Waals surface area contributed by atoms with Crippen molar-refractivity contribution < 1.29 is 4.79 Å². The lowest BCUT2D eigenvalue weighted by molar-refractivity contribution is -0.138. The fourth-order valence-electron chi connectivity index (χ4n) is 3.37. The van der Waals surface area contributed by atoms with E-state index in [0.29, 0.717) is 11.9 Å². The Hall–Kier alpha value is -1.06. The lowest BCUT2D eigenvalue weighted by atomic mass is 9.94. The lowest BCUT2D eigenvalue weighted by Gasteiger charge is -2.34. The summed E-state index contributed by atoms with van der Waals surface area (Å²) in [6.07, 6.45) is 3.94. The van der Waals surface area contributed by atoms with Crippen LogP contribution in [-0.4, -0.2) is 36.5 Å². The first-order chi connectivity index (χ1) is 10.7. The summed E-state index contributed by atoms with van der Waals surface area (Å²) >= 11 is 0. The molecule has 0 radical (unpaired) electrons. The molecule has 1 aromatic rings. The Morgan fingerprint density at radius 1 is 1.22 bits per heavy atom. The molecule has 1 saturated heterocycles. The topological polar surface area (TPSA) is 32.3 Å². The van der Waals surface area contributed by atoms with Gasteiger partial charge in [0.1, 0.15) is 0 Å². The average Bonchev–Trinajstić information content (AvgIpc) is 2.57. The highest BCUT2D eigenvalue weighted by atomic mass is 35.5. The summed E-state index contributed by atoms with van der Waals surface area (Å²) in [5, 5.41) is 3.34. The molecule has 23 heavy (non-hydrogen) atoms. The number of piperidine rings is 1. The van der Waals surface area contributed by atoms with Gasteiger partial charge in [-0.25, -0.2) is 0 Å². The van der Waals surface area contributed by atoms with Gasteiger partial charge in [0.15, 0.2) is 0 Å². The van der Waals surface area contributed by atoms with Crippen molar-refractivity contribution in [1.29, 1.82) is 0 Å². The maximum absolute atomic E-state index is 12.9. The zero-order valence-corrected chi connectivity index (χ0v) is 15.5. The van der Waals surface area contributed by atoms with Crippen LogP contribution in [0.1, 0.15) is 44.2 Å². The minimum absolute atomic E-state index is 0. The van der Waals surface area contributed by atoms with E-state index < -0.39 is 0 Å². The lowest BCUT2D eigenvalue weighted by Crippen LogP contribution is -2.46. The number of nitrogens with one attached hydrogen (secondary N) is 1. The van der Waals surface area contributed by atoms with E-state index >= 15 is 0 Å². The zero-order valence-electron chi connectivity index (χ0n) is 14.7. The van der Waals surface area contributed by atoms with Gasteiger partial charge in [-0.1, -0.05) is 36.8 Å². The van der Waals surface area contributed by atoms with Crippen molar-refractivity contribution in [2.24, 2.45) is 5.92 Å². The van der Waals surface area contributed by atoms with Crippen LogP contribution in [0.5, 0.6) is 0 Å². The number of rotatable bonds is 6. The monoisotopic (exact) mass is 338 g/mol. The number of hydrogen-bond acceptors (Lipinski definition) is 2. The van der Waals surface area contributed by atoms with Crippen molar-refractivity contribution in [2.45, 2.75) is 52.5 Å². The number of halogens is 1. The predicted molar refractivity (Wildman–Crippen MR) is 99.2 cm³/mol. The van der Waals surface area contributed by atoms with Gasteiger partial charge in [0, 0.05) is 18.5 Å². The van der Waals surface area contributed by atoms with Gasteiger partial charge in [-0.2, -0.15) is 0 Å². The fourth-order valence-corrected chi connectivity index (χ4v) is 3.37. The van der Waals surface area contributed by atoms with Gasteiger partial charge in [-0.3, -0.25) is 4.79 Å². The average molecular weight is 339 g/mol. The normalized spacial score (nSPS) is 16.5. The minimum atomic E-state index is 0. The standard InChI is InChI=1S/C19H30N2O.ClH/c1-4-18(14-16-8-6-15(3)7-9-16)21(5-2)19(22)17-10-12-20-13-11-17;/h6-9,17-18,20H,4-5,10-14H2,1-3H3;1H. The van der Waals surface area contributed by atoms with Crippen molar-refractivity contribution in [3.8, 4) is 0 Å². The van der Waals surface area contributed by atoms with Gasteiger partial charge in [0.05, 0.1) is 0 Å². The second-order valence-electron chi connectivity index (χ2n) is 6.40. The van der Waals surface area contributed by atoms with E-state index in [4.69, 9.17) is 0 Å². The van der Waals surface area contributed by atoms with E-state index in [1.807, 2.05) is 0 Å². The van der Waals surface area contributed by atoms with Crippen LogP contribution in [-0.2, 0) is 11.2 Å². The maximum Gasteiger partial charge on any atom is 0.226 e. The number of likely N-dealkylation sites (N-methyl/N-ethyl adjacent to an activating group) is 1. The predicted octanol–water partition coefficient (Wildman–Crippen LogP) is 3.59. The Kier molecular flexibility index (Phi) is 8.64. The van der Waals surface area contributed by atoms with Gasteiger partial charge in [-0.15, -0.1) is 12.4 Å². The number of carbonyl (C=O) groups excluding carboxylic acids is 1. The van der Waals surface area contributed by atoms with Crippen LogP contribution in [0.4, 0.5) is 0 Å². The molecule has 1 aromatic carbocycles. The summed E-state index contributed by atoms with van der Waals surface area (Å²) < 4.78 is 0. The molecule has 1 heterocycles. The first-order valence-electron chi connectivity index (χ1n) is 8.72. The van der Waals surface area contributed by atoms with Gasteiger partial charge in [0.25, 0.3) is 0 Å². The van der Waals surface area contributed by atoms with E-state index in [-0.39, 0.29) is 18.3 Å². The molecule has 1 fully saturated rings. The summed E-state index contributed by atoms with van der Waals surface area (Å²) in [7, 11) is 0. The Labute approximate surface area is 147 Å². The van der Waals surface area contributed by atoms with E-state index in [0.717, 1.165) is 45.3 Å². The Morgan fingerprint density at radius 3 is 2.35 bits per heavy atom. The summed E-state index contributed by atoms with van der Waals surface area (Å²) in [4.78, 5) is 15.0. The first kappa shape index (κ1) is 20.0. The third kappa shape index (κ3) is 5.50. The first-order valence-corrected chi connectivity index (χ1v) is 8.72. The molecule has 130 valence electrons. The Morgan fingerprint density at radius 2 is 1.83 bits per heavy atom. The molecule has 3 nitrogen and oxygen atoms in total. The number of hydrogen-bond donors (Lipinski definition) is 1. The van der Waals surface area contributed by atoms with E-state index in [1.54, 1.807) is 0 Å². The van der Waals surface area contributed by atoms with Crippen molar-refractivity contribution in [1.82, 2.24) is 10.2 Å². The molecule has 1 N–H and O–H groups in total. The van der Waals surface area contributed by atoms with Crippen LogP contribution in [0, 0.1) is 12.8 Å². The van der Waals surface area contributed by atoms with Crippen LogP contribution >= 0.6 is 12.4 Å². The highest BCUT2D eigenvalue weighted by Gasteiger charge is 2.28. The molecule has 0 spiro atoms. The molecule has 0 bridgehead atoms. The molecule has 0 aliphatic carbocycles. The van der Waals surface area contributed by atoms with Crippen molar-refractivity contribution >= 4 is 18.3 Å². The SMILES string of the molecule is CCC(Cc1ccc(C)cc1)N(CC)C(=O)C1CCNCC1.Cl. The number of aryl methyl sites for hydroxylation is 1. The minimum Gasteiger partial charge on any atom is -0.339 e. The summed E-state index contributed by atoms with van der Waals surface area (Å²) in [5.74, 6) is 0.580. The molecule has 0 saturated carbocycles. The Bertz CT molecular complexity index is 469. The van der Waals surface area contributed by atoms with Crippen molar-refractivity contribution in [3.05, 3.63) is 35.4 Å². The molecule has 1 atom stereocenters. The molecular formula is C19H31ClN2O. The van der Waals surface area contributed by atoms with Gasteiger partial charge in [0.2, 0.25) is 5.91 Å². The maximum atomic E-state index is 12.9. The van der Waals surface area contributed by atoms with Crippen molar-refractivity contribution in [2.75, 3.05) is 19.6 Å². The molecule has 2 rings (SSSR count). The third-order valence-electron chi connectivity index (χ3n) is 4.82. The third-order valence-corrected chi connectivity index (χ3v) is 4.82. The number of nitrogens with zero attached hydrogens (tertiary/aromatic N) is 1. The summed E-state index contributed by atoms with van der Waals surface area (Å²) in [5.41, 5.74) is 2.61. The van der Waals surface area contributed by atoms with Gasteiger partial charge >= 0.3 is 0 Å². The molecule has 0 aromatic heterocycles. The zero-order chi connectivity index (χ0) is 15.9. The summed E-state index contributed by atoms with van der Waals surface area (Å²) in [6, 6.07) is 9.02. The summed E-state index contributed by atoms with van der Waals surface area (Å²) in [6.45, 7) is 9.17. The van der Waals surface area contributed by atoms with Crippen LogP contribution in [0.3, 0.4) is 0 Å². The van der Waals surface area contributed by atoms with Crippen LogP contribution < -0.4 is 5.32 Å². The Balaban J connectivity index is 0.00000264. The number of carbonyl (C=O) groups is 1. The molecule has 1 amide bonds. The number of benzene rings is 1. The number of amides is 1. The molecule has 1 unspecified atom stereocenters. The van der Waals surface area contributed by atoms with Crippen LogP contribution in [0.2, 0.25) is 0 Å². The highest BCUT2D eigenvalue weighted by Crippen LogP contribution is 2.20. The van der Waals surface area contributed by atoms with Gasteiger partial charge < -0.3 is 10.2 Å². The second kappa shape index (κ2) is 9.94. The second-order valence-corrected chi connectivity index (χ2v) is 6.40. The fraction of sp³-hybridized carbons (Fsp3) is 0.632. The van der Waals surface area contributed by atoms with Gasteiger partial charge in [-0.05, 0) is 58.2 Å². The van der Waals surface area contributed by atoms with Crippen LogP contribution in [0.25, 0.3) is 0 Å². The smallest absolute Gasteiger partial charge is 0.226 e. The quantitative estimate of drug-likeness (QED) is 0.859. The van der Waals surface area contributed by atoms with Crippen molar-refractivity contribution in [3.63, 3.8) is 0 Å². The molecular weight excluding hydrogens is 308 g/mol. The molecule has 4 heteroatoms. The van der Waals surface area contributed by atoms with E-state index in [2.05, 4.69) is 55.3 Å².